The van der Waals surface area contributed by atoms with Crippen LogP contribution in [0.15, 0.2) is 24.3 Å². The van der Waals surface area contributed by atoms with Crippen molar-refractivity contribution in [2.24, 2.45) is 5.92 Å². The zero-order valence-electron chi connectivity index (χ0n) is 14.0. The fourth-order valence-electron chi connectivity index (χ4n) is 3.89. The number of fused-ring (bicyclic) bond motifs is 4. The summed E-state index contributed by atoms with van der Waals surface area (Å²) in [4.78, 5) is 17.2. The van der Waals surface area contributed by atoms with Crippen LogP contribution in [0.4, 0.5) is 8.78 Å². The predicted octanol–water partition coefficient (Wildman–Crippen LogP) is 3.23. The summed E-state index contributed by atoms with van der Waals surface area (Å²) in [5, 5.41) is 0. The van der Waals surface area contributed by atoms with Gasteiger partial charge in [-0.05, 0) is 49.9 Å². The van der Waals surface area contributed by atoms with Gasteiger partial charge in [0.05, 0.1) is 0 Å². The monoisotopic (exact) mass is 338 g/mol. The molecular formula is C18H24F2N2O2. The Kier molecular flexibility index (Phi) is 5.33. The number of carbonyl (C=O) groups excluding carboxylic acids is 1. The number of hydrogen-bond donors (Lipinski definition) is 0. The second-order valence-electron chi connectivity index (χ2n) is 6.71. The first kappa shape index (κ1) is 17.1. The van der Waals surface area contributed by atoms with Crippen molar-refractivity contribution in [2.75, 3.05) is 26.2 Å². The van der Waals surface area contributed by atoms with Crippen LogP contribution in [0.2, 0.25) is 0 Å². The molecule has 3 heterocycles. The molecule has 3 aliphatic rings. The van der Waals surface area contributed by atoms with Gasteiger partial charge in [0.15, 0.2) is 0 Å². The largest absolute Gasteiger partial charge is 0.435 e. The van der Waals surface area contributed by atoms with Crippen molar-refractivity contribution < 1.29 is 18.3 Å². The molecule has 0 unspecified atom stereocenters. The molecular weight excluding hydrogens is 314 g/mol. The molecule has 0 aromatic heterocycles. The Morgan fingerprint density at radius 3 is 2.88 bits per heavy atom. The highest BCUT2D eigenvalue weighted by Crippen LogP contribution is 2.29. The average molecular weight is 338 g/mol. The van der Waals surface area contributed by atoms with Gasteiger partial charge in [-0.25, -0.2) is 0 Å². The molecule has 1 aromatic carbocycles. The van der Waals surface area contributed by atoms with Crippen LogP contribution >= 0.6 is 0 Å². The minimum absolute atomic E-state index is 0.0289. The SMILES string of the molecule is CCCN1C[C@@H]2CC[C@H]1CN(C(=O)c1cccc(OC(F)F)c1)C2. The zero-order chi connectivity index (χ0) is 17.1. The number of hydrogen-bond acceptors (Lipinski definition) is 3. The lowest BCUT2D eigenvalue weighted by molar-refractivity contribution is -0.0499. The summed E-state index contributed by atoms with van der Waals surface area (Å²) in [5.74, 6) is 0.436. The molecule has 24 heavy (non-hydrogen) atoms. The summed E-state index contributed by atoms with van der Waals surface area (Å²) in [5.41, 5.74) is 0.413. The second kappa shape index (κ2) is 7.47. The van der Waals surface area contributed by atoms with Crippen LogP contribution in [0.5, 0.6) is 5.75 Å². The van der Waals surface area contributed by atoms with Crippen LogP contribution in [0.25, 0.3) is 0 Å². The number of benzene rings is 1. The standard InChI is InChI=1S/C18H24F2N2O2/c1-2-8-21-10-13-6-7-15(21)12-22(11-13)17(23)14-4-3-5-16(9-14)24-18(19)20/h3-5,9,13,15,18H,2,6-8,10-12H2,1H3/t13-,15-/m0/s1. The number of nitrogens with zero attached hydrogens (tertiary/aromatic N) is 2. The first-order valence-electron chi connectivity index (χ1n) is 8.65. The van der Waals surface area contributed by atoms with Gasteiger partial charge in [-0.3, -0.25) is 9.69 Å². The Balaban J connectivity index is 1.73. The molecule has 4 rings (SSSR count). The molecule has 1 amide bonds. The van der Waals surface area contributed by atoms with E-state index in [0.29, 0.717) is 17.5 Å². The molecule has 6 heteroatoms. The summed E-state index contributed by atoms with van der Waals surface area (Å²) < 4.78 is 29.1. The smallest absolute Gasteiger partial charge is 0.387 e. The van der Waals surface area contributed by atoms with Gasteiger partial charge < -0.3 is 9.64 Å². The molecule has 0 spiro atoms. The summed E-state index contributed by atoms with van der Waals surface area (Å²) >= 11 is 0. The van der Waals surface area contributed by atoms with Crippen molar-refractivity contribution in [3.8, 4) is 5.75 Å². The van der Waals surface area contributed by atoms with E-state index in [1.54, 1.807) is 12.1 Å². The van der Waals surface area contributed by atoms with Crippen molar-refractivity contribution in [1.29, 1.82) is 0 Å². The Bertz CT molecular complexity index is 582. The van der Waals surface area contributed by atoms with Crippen molar-refractivity contribution in [2.45, 2.75) is 38.8 Å². The van der Waals surface area contributed by atoms with Crippen molar-refractivity contribution in [1.82, 2.24) is 9.80 Å². The lowest BCUT2D eigenvalue weighted by atomic mass is 9.95. The first-order chi connectivity index (χ1) is 11.6. The molecule has 4 nitrogen and oxygen atoms in total. The number of halogens is 2. The van der Waals surface area contributed by atoms with E-state index in [1.165, 1.54) is 12.1 Å². The predicted molar refractivity (Wildman–Crippen MR) is 87.4 cm³/mol. The fourth-order valence-corrected chi connectivity index (χ4v) is 3.89. The quantitative estimate of drug-likeness (QED) is 0.826. The minimum Gasteiger partial charge on any atom is -0.435 e. The molecule has 132 valence electrons. The molecule has 3 aliphatic heterocycles. The molecule has 2 bridgehead atoms. The number of ether oxygens (including phenoxy) is 1. The van der Waals surface area contributed by atoms with Crippen molar-refractivity contribution >= 4 is 5.91 Å². The maximum Gasteiger partial charge on any atom is 0.387 e. The lowest BCUT2D eigenvalue weighted by Gasteiger charge is -2.35. The Hall–Kier alpha value is -1.69. The first-order valence-corrected chi connectivity index (χ1v) is 8.65. The highest BCUT2D eigenvalue weighted by Gasteiger charge is 2.36. The van der Waals surface area contributed by atoms with E-state index in [0.717, 1.165) is 45.4 Å². The summed E-state index contributed by atoms with van der Waals surface area (Å²) in [6.07, 6.45) is 3.40. The number of alkyl halides is 2. The fraction of sp³-hybridized carbons (Fsp3) is 0.611. The van der Waals surface area contributed by atoms with Crippen LogP contribution in [-0.4, -0.2) is 54.5 Å². The third-order valence-corrected chi connectivity index (χ3v) is 4.93. The zero-order valence-corrected chi connectivity index (χ0v) is 14.0. The summed E-state index contributed by atoms with van der Waals surface area (Å²) in [7, 11) is 0. The van der Waals surface area contributed by atoms with E-state index >= 15 is 0 Å². The van der Waals surface area contributed by atoms with Crippen LogP contribution in [0, 0.1) is 5.92 Å². The highest BCUT2D eigenvalue weighted by molar-refractivity contribution is 5.94. The molecule has 0 aliphatic carbocycles. The van der Waals surface area contributed by atoms with Crippen LogP contribution in [-0.2, 0) is 0 Å². The van der Waals surface area contributed by atoms with E-state index in [9.17, 15) is 13.6 Å². The normalized spacial score (nSPS) is 24.2. The van der Waals surface area contributed by atoms with Gasteiger partial charge in [0.2, 0.25) is 0 Å². The van der Waals surface area contributed by atoms with Gasteiger partial charge in [-0.2, -0.15) is 8.78 Å². The Morgan fingerprint density at radius 2 is 2.12 bits per heavy atom. The van der Waals surface area contributed by atoms with Gasteiger partial charge in [0.25, 0.3) is 5.91 Å². The van der Waals surface area contributed by atoms with E-state index in [-0.39, 0.29) is 11.7 Å². The Morgan fingerprint density at radius 1 is 1.29 bits per heavy atom. The van der Waals surface area contributed by atoms with E-state index < -0.39 is 6.61 Å². The molecule has 0 N–H and O–H groups in total. The highest BCUT2D eigenvalue weighted by atomic mass is 19.3. The van der Waals surface area contributed by atoms with Gasteiger partial charge in [0, 0.05) is 31.2 Å². The average Bonchev–Trinajstić information content (AvgIpc) is 2.86. The van der Waals surface area contributed by atoms with Crippen molar-refractivity contribution in [3.05, 3.63) is 29.8 Å². The lowest BCUT2D eigenvalue weighted by Crippen LogP contribution is -2.44. The summed E-state index contributed by atoms with van der Waals surface area (Å²) in [6.45, 7) is 2.88. The van der Waals surface area contributed by atoms with E-state index in [4.69, 9.17) is 0 Å². The maximum atomic E-state index is 12.8. The number of carbonyl (C=O) groups is 1. The topological polar surface area (TPSA) is 32.8 Å². The van der Waals surface area contributed by atoms with Crippen LogP contribution in [0.1, 0.15) is 36.5 Å². The number of piperidine rings is 1. The molecule has 1 aromatic rings. The molecule has 0 radical (unpaired) electrons. The minimum atomic E-state index is -2.88. The molecule has 0 saturated carbocycles. The molecule has 2 atom stereocenters. The van der Waals surface area contributed by atoms with Crippen LogP contribution < -0.4 is 4.74 Å². The maximum absolute atomic E-state index is 12.8. The van der Waals surface area contributed by atoms with Gasteiger partial charge in [-0.15, -0.1) is 0 Å². The van der Waals surface area contributed by atoms with E-state index in [2.05, 4.69) is 16.6 Å². The Labute approximate surface area is 141 Å². The van der Waals surface area contributed by atoms with Gasteiger partial charge in [-0.1, -0.05) is 13.0 Å². The van der Waals surface area contributed by atoms with Crippen molar-refractivity contribution in [3.63, 3.8) is 0 Å². The van der Waals surface area contributed by atoms with E-state index in [1.807, 2.05) is 4.90 Å². The molecule has 3 saturated heterocycles. The number of amides is 1. The van der Waals surface area contributed by atoms with Gasteiger partial charge >= 0.3 is 6.61 Å². The third kappa shape index (κ3) is 3.86. The summed E-state index contributed by atoms with van der Waals surface area (Å²) in [6, 6.07) is 6.51. The van der Waals surface area contributed by atoms with Crippen LogP contribution in [0.3, 0.4) is 0 Å². The third-order valence-electron chi connectivity index (χ3n) is 4.93. The second-order valence-corrected chi connectivity index (χ2v) is 6.71. The molecule has 3 fully saturated rings. The number of rotatable bonds is 5. The van der Waals surface area contributed by atoms with Gasteiger partial charge in [0.1, 0.15) is 5.75 Å².